The number of carbonyl (C=O) groups is 1. The molecule has 0 saturated carbocycles. The number of aromatic nitrogens is 1. The molecule has 0 bridgehead atoms. The van der Waals surface area contributed by atoms with Gasteiger partial charge in [-0.05, 0) is 44.2 Å². The maximum atomic E-state index is 13.0. The molecule has 29 heavy (non-hydrogen) atoms. The molecule has 152 valence electrons. The van der Waals surface area contributed by atoms with Crippen LogP contribution >= 0.6 is 46.3 Å². The average Bonchev–Trinajstić information content (AvgIpc) is 3.11. The maximum Gasteiger partial charge on any atom is 0.294 e. The molecular weight excluding hydrogens is 475 g/mol. The summed E-state index contributed by atoms with van der Waals surface area (Å²) in [6.07, 6.45) is 0. The van der Waals surface area contributed by atoms with Crippen LogP contribution in [0.2, 0.25) is 10.0 Å². The molecule has 1 aromatic heterocycles. The zero-order valence-corrected chi connectivity index (χ0v) is 19.0. The second-order valence-electron chi connectivity index (χ2n) is 6.64. The van der Waals surface area contributed by atoms with Crippen LogP contribution in [-0.4, -0.2) is 29.1 Å². The number of carbonyl (C=O) groups excluding carboxylic acids is 1. The van der Waals surface area contributed by atoms with Gasteiger partial charge in [-0.2, -0.15) is 8.42 Å². The number of thioether (sulfide) groups is 1. The molecule has 1 saturated heterocycles. The van der Waals surface area contributed by atoms with Gasteiger partial charge in [-0.3, -0.25) is 14.2 Å². The fourth-order valence-electron chi connectivity index (χ4n) is 3.31. The predicted octanol–water partition coefficient (Wildman–Crippen LogP) is 5.19. The summed E-state index contributed by atoms with van der Waals surface area (Å²) in [7, 11) is -4.33. The second kappa shape index (κ2) is 7.11. The van der Waals surface area contributed by atoms with Crippen molar-refractivity contribution >= 4 is 77.7 Å². The Bertz CT molecular complexity index is 1260. The topological polar surface area (TPSA) is 87.6 Å². The Morgan fingerprint density at radius 1 is 1.21 bits per heavy atom. The molecule has 1 aliphatic heterocycles. The van der Waals surface area contributed by atoms with Gasteiger partial charge in [-0.25, -0.2) is 4.98 Å². The summed E-state index contributed by atoms with van der Waals surface area (Å²) in [6.45, 7) is 3.71. The van der Waals surface area contributed by atoms with E-state index in [1.54, 1.807) is 23.1 Å². The molecule has 3 aromatic rings. The van der Waals surface area contributed by atoms with E-state index in [2.05, 4.69) is 4.98 Å². The van der Waals surface area contributed by atoms with E-state index in [4.69, 9.17) is 23.2 Å². The number of hydrogen-bond donors (Lipinski definition) is 1. The Hall–Kier alpha value is -1.36. The Balaban J connectivity index is 1.87. The number of halogens is 2. The van der Waals surface area contributed by atoms with Gasteiger partial charge in [0, 0.05) is 15.6 Å². The first-order chi connectivity index (χ1) is 13.5. The fraction of sp³-hybridized carbons (Fsp3) is 0.222. The summed E-state index contributed by atoms with van der Waals surface area (Å²) in [5.41, 5.74) is 1.25. The molecule has 0 aliphatic carbocycles. The molecule has 4 rings (SSSR count). The zero-order chi connectivity index (χ0) is 21.1. The first-order valence-electron chi connectivity index (χ1n) is 8.36. The summed E-state index contributed by atoms with van der Waals surface area (Å²) in [5.74, 6) is -0.127. The SMILES string of the molecule is CC1SC(C)(c2ccc(Cl)cc2Cl)N(c2nc3ccc(S(=O)(=O)O)cc3s2)C1=O. The van der Waals surface area contributed by atoms with Crippen LogP contribution in [0.25, 0.3) is 10.2 Å². The smallest absolute Gasteiger partial charge is 0.282 e. The third-order valence-corrected chi connectivity index (χ3v) is 8.49. The van der Waals surface area contributed by atoms with Crippen molar-refractivity contribution in [2.45, 2.75) is 28.9 Å². The van der Waals surface area contributed by atoms with Crippen molar-refractivity contribution in [1.29, 1.82) is 0 Å². The number of fused-ring (bicyclic) bond motifs is 1. The van der Waals surface area contributed by atoms with Crippen molar-refractivity contribution < 1.29 is 17.8 Å². The van der Waals surface area contributed by atoms with Crippen molar-refractivity contribution in [2.75, 3.05) is 4.90 Å². The molecule has 1 N–H and O–H groups in total. The van der Waals surface area contributed by atoms with Crippen LogP contribution in [0.15, 0.2) is 41.3 Å². The number of amides is 1. The van der Waals surface area contributed by atoms with Gasteiger partial charge in [-0.1, -0.05) is 40.6 Å². The quantitative estimate of drug-likeness (QED) is 0.510. The van der Waals surface area contributed by atoms with Gasteiger partial charge in [0.25, 0.3) is 10.1 Å². The van der Waals surface area contributed by atoms with Crippen LogP contribution in [0.4, 0.5) is 5.13 Å². The molecule has 0 radical (unpaired) electrons. The summed E-state index contributed by atoms with van der Waals surface area (Å²) >= 11 is 15.1. The number of hydrogen-bond acceptors (Lipinski definition) is 6. The minimum atomic E-state index is -4.33. The average molecular weight is 489 g/mol. The normalized spacial score (nSPS) is 22.6. The van der Waals surface area contributed by atoms with Crippen molar-refractivity contribution in [3.05, 3.63) is 52.0 Å². The molecule has 1 amide bonds. The van der Waals surface area contributed by atoms with Gasteiger partial charge < -0.3 is 0 Å². The lowest BCUT2D eigenvalue weighted by Gasteiger charge is -2.33. The van der Waals surface area contributed by atoms with E-state index in [9.17, 15) is 17.8 Å². The summed E-state index contributed by atoms with van der Waals surface area (Å²) in [5, 5.41) is 1.03. The van der Waals surface area contributed by atoms with Crippen molar-refractivity contribution in [2.24, 2.45) is 0 Å². The minimum Gasteiger partial charge on any atom is -0.282 e. The molecular formula is C18H14Cl2N2O4S3. The lowest BCUT2D eigenvalue weighted by molar-refractivity contribution is -0.117. The molecule has 2 aromatic carbocycles. The highest BCUT2D eigenvalue weighted by Crippen LogP contribution is 2.53. The highest BCUT2D eigenvalue weighted by Gasteiger charge is 2.51. The van der Waals surface area contributed by atoms with E-state index in [0.717, 1.165) is 5.56 Å². The molecule has 2 atom stereocenters. The van der Waals surface area contributed by atoms with Gasteiger partial charge in [0.2, 0.25) is 5.91 Å². The van der Waals surface area contributed by atoms with E-state index in [0.29, 0.717) is 25.4 Å². The standard InChI is InChI=1S/C18H14Cl2N2O4S3/c1-9-16(23)22(18(2,28-9)12-5-3-10(19)7-13(12)20)17-21-14-6-4-11(29(24,25)26)8-15(14)27-17/h3-9H,1-2H3,(H,24,25,26). The lowest BCUT2D eigenvalue weighted by Crippen LogP contribution is -2.40. The van der Waals surface area contributed by atoms with Crippen LogP contribution in [0.3, 0.4) is 0 Å². The van der Waals surface area contributed by atoms with E-state index in [1.165, 1.54) is 41.3 Å². The number of thiazole rings is 1. The molecule has 11 heteroatoms. The van der Waals surface area contributed by atoms with E-state index in [1.807, 2.05) is 13.8 Å². The Kier molecular flexibility index (Phi) is 5.12. The summed E-state index contributed by atoms with van der Waals surface area (Å²) in [6, 6.07) is 9.26. The number of rotatable bonds is 3. The Labute approximate surface area is 185 Å². The van der Waals surface area contributed by atoms with Crippen LogP contribution < -0.4 is 4.90 Å². The van der Waals surface area contributed by atoms with Crippen molar-refractivity contribution in [1.82, 2.24) is 4.98 Å². The zero-order valence-electron chi connectivity index (χ0n) is 15.1. The van der Waals surface area contributed by atoms with Gasteiger partial charge >= 0.3 is 0 Å². The molecule has 1 fully saturated rings. The van der Waals surface area contributed by atoms with Gasteiger partial charge in [-0.15, -0.1) is 11.8 Å². The monoisotopic (exact) mass is 488 g/mol. The highest BCUT2D eigenvalue weighted by atomic mass is 35.5. The number of benzene rings is 2. The van der Waals surface area contributed by atoms with E-state index in [-0.39, 0.29) is 16.1 Å². The molecule has 0 spiro atoms. The minimum absolute atomic E-state index is 0.127. The predicted molar refractivity (Wildman–Crippen MR) is 118 cm³/mol. The summed E-state index contributed by atoms with van der Waals surface area (Å²) in [4.78, 5) is 18.1. The van der Waals surface area contributed by atoms with Crippen molar-refractivity contribution in [3.63, 3.8) is 0 Å². The van der Waals surface area contributed by atoms with Crippen LogP contribution in [0, 0.1) is 0 Å². The highest BCUT2D eigenvalue weighted by molar-refractivity contribution is 8.02. The molecule has 2 unspecified atom stereocenters. The van der Waals surface area contributed by atoms with Gasteiger partial charge in [0.15, 0.2) is 5.13 Å². The Morgan fingerprint density at radius 3 is 2.59 bits per heavy atom. The van der Waals surface area contributed by atoms with Crippen molar-refractivity contribution in [3.8, 4) is 0 Å². The Morgan fingerprint density at radius 2 is 1.93 bits per heavy atom. The molecule has 1 aliphatic rings. The number of nitrogens with zero attached hydrogens (tertiary/aromatic N) is 2. The van der Waals surface area contributed by atoms with Gasteiger partial charge in [0.05, 0.1) is 20.4 Å². The first kappa shape index (κ1) is 20.9. The summed E-state index contributed by atoms with van der Waals surface area (Å²) < 4.78 is 32.7. The van der Waals surface area contributed by atoms with Gasteiger partial charge in [0.1, 0.15) is 4.87 Å². The molecule has 6 nitrogen and oxygen atoms in total. The molecule has 2 heterocycles. The fourth-order valence-corrected chi connectivity index (χ4v) is 7.19. The number of anilines is 1. The first-order valence-corrected chi connectivity index (χ1v) is 12.3. The third-order valence-electron chi connectivity index (χ3n) is 4.67. The largest absolute Gasteiger partial charge is 0.294 e. The van der Waals surface area contributed by atoms with E-state index >= 15 is 0 Å². The van der Waals surface area contributed by atoms with Crippen LogP contribution in [0.1, 0.15) is 19.4 Å². The maximum absolute atomic E-state index is 13.0. The van der Waals surface area contributed by atoms with Crippen LogP contribution in [0.5, 0.6) is 0 Å². The second-order valence-corrected chi connectivity index (χ2v) is 11.7. The lowest BCUT2D eigenvalue weighted by atomic mass is 10.1. The van der Waals surface area contributed by atoms with Crippen LogP contribution in [-0.2, 0) is 19.8 Å². The van der Waals surface area contributed by atoms with E-state index < -0.39 is 15.0 Å². The third kappa shape index (κ3) is 3.54.